The van der Waals surface area contributed by atoms with E-state index in [2.05, 4.69) is 21.2 Å². The fourth-order valence-corrected chi connectivity index (χ4v) is 2.88. The second-order valence-electron chi connectivity index (χ2n) is 4.98. The van der Waals surface area contributed by atoms with Crippen molar-refractivity contribution in [3.8, 4) is 0 Å². The fourth-order valence-electron chi connectivity index (χ4n) is 2.50. The van der Waals surface area contributed by atoms with Gasteiger partial charge in [0.25, 0.3) is 0 Å². The van der Waals surface area contributed by atoms with Crippen molar-refractivity contribution in [3.05, 3.63) is 34.1 Å². The topological polar surface area (TPSA) is 32.3 Å². The molecule has 4 heteroatoms. The van der Waals surface area contributed by atoms with Crippen molar-refractivity contribution in [1.29, 1.82) is 0 Å². The van der Waals surface area contributed by atoms with Crippen LogP contribution in [0.1, 0.15) is 31.2 Å². The van der Waals surface area contributed by atoms with Crippen LogP contribution in [0.5, 0.6) is 0 Å². The van der Waals surface area contributed by atoms with Gasteiger partial charge in [-0.2, -0.15) is 0 Å². The maximum absolute atomic E-state index is 13.1. The number of aliphatic hydroxyl groups is 1. The second-order valence-corrected chi connectivity index (χ2v) is 5.83. The van der Waals surface area contributed by atoms with E-state index in [0.717, 1.165) is 35.8 Å². The van der Waals surface area contributed by atoms with Gasteiger partial charge >= 0.3 is 0 Å². The van der Waals surface area contributed by atoms with Gasteiger partial charge in [-0.3, -0.25) is 0 Å². The van der Waals surface area contributed by atoms with Gasteiger partial charge in [0.05, 0.1) is 6.10 Å². The Morgan fingerprint density at radius 3 is 2.89 bits per heavy atom. The van der Waals surface area contributed by atoms with Crippen LogP contribution >= 0.6 is 15.9 Å². The SMILES string of the molecule is OC1CCCCC1CNCc1cc(F)ccc1Br. The molecule has 2 unspecified atom stereocenters. The largest absolute Gasteiger partial charge is 0.393 e. The summed E-state index contributed by atoms with van der Waals surface area (Å²) >= 11 is 3.41. The van der Waals surface area contributed by atoms with Gasteiger partial charge in [-0.1, -0.05) is 28.8 Å². The van der Waals surface area contributed by atoms with Crippen molar-refractivity contribution in [2.75, 3.05) is 6.54 Å². The highest BCUT2D eigenvalue weighted by Crippen LogP contribution is 2.24. The van der Waals surface area contributed by atoms with E-state index in [0.29, 0.717) is 12.5 Å². The van der Waals surface area contributed by atoms with E-state index >= 15 is 0 Å². The zero-order chi connectivity index (χ0) is 13.0. The summed E-state index contributed by atoms with van der Waals surface area (Å²) in [4.78, 5) is 0. The molecule has 0 aliphatic heterocycles. The van der Waals surface area contributed by atoms with Gasteiger partial charge in [0.15, 0.2) is 0 Å². The number of hydrogen-bond donors (Lipinski definition) is 2. The molecule has 1 saturated carbocycles. The number of benzene rings is 1. The van der Waals surface area contributed by atoms with E-state index in [4.69, 9.17) is 0 Å². The molecular formula is C14H19BrFNO. The van der Waals surface area contributed by atoms with Gasteiger partial charge in [-0.05, 0) is 42.5 Å². The molecular weight excluding hydrogens is 297 g/mol. The van der Waals surface area contributed by atoms with E-state index < -0.39 is 0 Å². The summed E-state index contributed by atoms with van der Waals surface area (Å²) in [5, 5.41) is 13.2. The highest BCUT2D eigenvalue weighted by atomic mass is 79.9. The van der Waals surface area contributed by atoms with Crippen LogP contribution in [0.2, 0.25) is 0 Å². The molecule has 1 aliphatic rings. The molecule has 18 heavy (non-hydrogen) atoms. The fraction of sp³-hybridized carbons (Fsp3) is 0.571. The Labute approximate surface area is 116 Å². The van der Waals surface area contributed by atoms with Crippen molar-refractivity contribution >= 4 is 15.9 Å². The van der Waals surface area contributed by atoms with Crippen molar-refractivity contribution in [2.24, 2.45) is 5.92 Å². The Morgan fingerprint density at radius 2 is 2.11 bits per heavy atom. The molecule has 0 amide bonds. The van der Waals surface area contributed by atoms with Gasteiger partial charge in [-0.15, -0.1) is 0 Å². The Balaban J connectivity index is 1.82. The van der Waals surface area contributed by atoms with Crippen LogP contribution in [0.4, 0.5) is 4.39 Å². The normalized spacial score (nSPS) is 24.2. The first kappa shape index (κ1) is 14.0. The van der Waals surface area contributed by atoms with Crippen LogP contribution < -0.4 is 5.32 Å². The lowest BCUT2D eigenvalue weighted by molar-refractivity contribution is 0.0695. The summed E-state index contributed by atoms with van der Waals surface area (Å²) < 4.78 is 14.0. The van der Waals surface area contributed by atoms with E-state index in [1.165, 1.54) is 18.6 Å². The average molecular weight is 316 g/mol. The molecule has 0 bridgehead atoms. The van der Waals surface area contributed by atoms with Gasteiger partial charge in [0.1, 0.15) is 5.82 Å². The molecule has 1 aromatic carbocycles. The third kappa shape index (κ3) is 3.77. The molecule has 0 radical (unpaired) electrons. The number of halogens is 2. The first-order chi connectivity index (χ1) is 8.66. The second kappa shape index (κ2) is 6.64. The van der Waals surface area contributed by atoms with Crippen molar-refractivity contribution in [3.63, 3.8) is 0 Å². The highest BCUT2D eigenvalue weighted by Gasteiger charge is 2.22. The van der Waals surface area contributed by atoms with Crippen molar-refractivity contribution in [1.82, 2.24) is 5.32 Å². The zero-order valence-corrected chi connectivity index (χ0v) is 11.9. The molecule has 2 rings (SSSR count). The van der Waals surface area contributed by atoms with Crippen molar-refractivity contribution < 1.29 is 9.50 Å². The smallest absolute Gasteiger partial charge is 0.123 e. The molecule has 1 fully saturated rings. The lowest BCUT2D eigenvalue weighted by Crippen LogP contribution is -2.33. The van der Waals surface area contributed by atoms with Crippen LogP contribution in [-0.2, 0) is 6.54 Å². The van der Waals surface area contributed by atoms with E-state index in [9.17, 15) is 9.50 Å². The lowest BCUT2D eigenvalue weighted by atomic mass is 9.86. The first-order valence-electron chi connectivity index (χ1n) is 6.49. The third-order valence-electron chi connectivity index (χ3n) is 3.60. The molecule has 100 valence electrons. The highest BCUT2D eigenvalue weighted by molar-refractivity contribution is 9.10. The summed E-state index contributed by atoms with van der Waals surface area (Å²) in [7, 11) is 0. The van der Waals surface area contributed by atoms with Crippen LogP contribution in [0.15, 0.2) is 22.7 Å². The number of hydrogen-bond acceptors (Lipinski definition) is 2. The quantitative estimate of drug-likeness (QED) is 0.894. The summed E-state index contributed by atoms with van der Waals surface area (Å²) in [5.41, 5.74) is 0.917. The predicted molar refractivity (Wildman–Crippen MR) is 73.8 cm³/mol. The molecule has 0 saturated heterocycles. The van der Waals surface area contributed by atoms with Gasteiger partial charge < -0.3 is 10.4 Å². The monoisotopic (exact) mass is 315 g/mol. The summed E-state index contributed by atoms with van der Waals surface area (Å²) in [6.45, 7) is 1.42. The van der Waals surface area contributed by atoms with Crippen molar-refractivity contribution in [2.45, 2.75) is 38.3 Å². The number of rotatable bonds is 4. The van der Waals surface area contributed by atoms with Crippen LogP contribution in [0, 0.1) is 11.7 Å². The molecule has 2 N–H and O–H groups in total. The standard InChI is InChI=1S/C14H19BrFNO/c15-13-6-5-12(16)7-11(13)9-17-8-10-3-1-2-4-14(10)18/h5-7,10,14,17-18H,1-4,8-9H2. The molecule has 2 atom stereocenters. The molecule has 0 aromatic heterocycles. The van der Waals surface area contributed by atoms with E-state index in [1.54, 1.807) is 6.07 Å². The summed E-state index contributed by atoms with van der Waals surface area (Å²) in [6, 6.07) is 4.70. The van der Waals surface area contributed by atoms with Crippen LogP contribution in [-0.4, -0.2) is 17.8 Å². The Bertz CT molecular complexity index is 399. The minimum Gasteiger partial charge on any atom is -0.393 e. The Kier molecular flexibility index (Phi) is 5.15. The summed E-state index contributed by atoms with van der Waals surface area (Å²) in [6.07, 6.45) is 4.15. The molecule has 1 aromatic rings. The van der Waals surface area contributed by atoms with Gasteiger partial charge in [-0.25, -0.2) is 4.39 Å². The average Bonchev–Trinajstić information content (AvgIpc) is 2.36. The lowest BCUT2D eigenvalue weighted by Gasteiger charge is -2.27. The minimum atomic E-state index is -0.215. The predicted octanol–water partition coefficient (Wildman–Crippen LogP) is 3.23. The van der Waals surface area contributed by atoms with Gasteiger partial charge in [0.2, 0.25) is 0 Å². The number of nitrogens with one attached hydrogen (secondary N) is 1. The van der Waals surface area contributed by atoms with E-state index in [1.807, 2.05) is 0 Å². The third-order valence-corrected chi connectivity index (χ3v) is 4.37. The van der Waals surface area contributed by atoms with Crippen LogP contribution in [0.3, 0.4) is 0 Å². The minimum absolute atomic E-state index is 0.179. The Morgan fingerprint density at radius 1 is 1.33 bits per heavy atom. The maximum Gasteiger partial charge on any atom is 0.123 e. The van der Waals surface area contributed by atoms with Crippen LogP contribution in [0.25, 0.3) is 0 Å². The molecule has 1 aliphatic carbocycles. The Hall–Kier alpha value is -0.450. The molecule has 0 heterocycles. The van der Waals surface area contributed by atoms with E-state index in [-0.39, 0.29) is 11.9 Å². The first-order valence-corrected chi connectivity index (χ1v) is 7.29. The maximum atomic E-state index is 13.1. The number of aliphatic hydroxyl groups excluding tert-OH is 1. The zero-order valence-electron chi connectivity index (χ0n) is 10.3. The molecule has 0 spiro atoms. The van der Waals surface area contributed by atoms with Gasteiger partial charge in [0, 0.05) is 17.6 Å². The molecule has 2 nitrogen and oxygen atoms in total. The summed E-state index contributed by atoms with van der Waals surface area (Å²) in [5.74, 6) is 0.124.